The molecular formula is C20H20ClNO3. The predicted octanol–water partition coefficient (Wildman–Crippen LogP) is 3.91. The summed E-state index contributed by atoms with van der Waals surface area (Å²) in [5, 5.41) is 10.4. The van der Waals surface area contributed by atoms with Crippen LogP contribution in [0.5, 0.6) is 0 Å². The second-order valence-electron chi connectivity index (χ2n) is 6.51. The van der Waals surface area contributed by atoms with Crippen molar-refractivity contribution in [1.82, 2.24) is 4.90 Å². The number of hydrogen-bond acceptors (Lipinski definition) is 2. The SMILES string of the molecule is Cc1ccc(C(=O)N2CCC(C(=O)O)(c3ccccc3)CC2)cc1Cl. The van der Waals surface area contributed by atoms with Crippen molar-refractivity contribution in [3.63, 3.8) is 0 Å². The predicted molar refractivity (Wildman–Crippen MR) is 97.1 cm³/mol. The highest BCUT2D eigenvalue weighted by molar-refractivity contribution is 6.31. The lowest BCUT2D eigenvalue weighted by Crippen LogP contribution is -2.49. The number of piperidine rings is 1. The number of likely N-dealkylation sites (tertiary alicyclic amines) is 1. The molecule has 0 aliphatic carbocycles. The molecule has 2 aromatic rings. The van der Waals surface area contributed by atoms with Crippen LogP contribution in [0.15, 0.2) is 48.5 Å². The van der Waals surface area contributed by atoms with E-state index in [1.54, 1.807) is 17.0 Å². The third-order valence-corrected chi connectivity index (χ3v) is 5.47. The van der Waals surface area contributed by atoms with Gasteiger partial charge in [-0.05, 0) is 43.0 Å². The van der Waals surface area contributed by atoms with E-state index in [-0.39, 0.29) is 5.91 Å². The summed E-state index contributed by atoms with van der Waals surface area (Å²) in [6.07, 6.45) is 0.801. The highest BCUT2D eigenvalue weighted by Gasteiger charge is 2.43. The Morgan fingerprint density at radius 1 is 1.08 bits per heavy atom. The van der Waals surface area contributed by atoms with Gasteiger partial charge < -0.3 is 10.0 Å². The Morgan fingerprint density at radius 2 is 1.72 bits per heavy atom. The molecule has 130 valence electrons. The molecule has 25 heavy (non-hydrogen) atoms. The van der Waals surface area contributed by atoms with Crippen LogP contribution < -0.4 is 0 Å². The van der Waals surface area contributed by atoms with E-state index < -0.39 is 11.4 Å². The molecule has 1 amide bonds. The number of nitrogens with zero attached hydrogens (tertiary/aromatic N) is 1. The molecule has 0 atom stereocenters. The van der Waals surface area contributed by atoms with Gasteiger partial charge in [0.05, 0.1) is 5.41 Å². The molecule has 1 fully saturated rings. The highest BCUT2D eigenvalue weighted by Crippen LogP contribution is 2.36. The van der Waals surface area contributed by atoms with Gasteiger partial charge in [-0.1, -0.05) is 48.0 Å². The molecule has 0 saturated carbocycles. The van der Waals surface area contributed by atoms with E-state index in [1.165, 1.54) is 0 Å². The Kier molecular flexibility index (Phi) is 4.82. The van der Waals surface area contributed by atoms with E-state index in [0.29, 0.717) is 36.5 Å². The molecule has 5 heteroatoms. The molecule has 4 nitrogen and oxygen atoms in total. The molecule has 0 spiro atoms. The van der Waals surface area contributed by atoms with Gasteiger partial charge in [-0.25, -0.2) is 0 Å². The van der Waals surface area contributed by atoms with E-state index in [9.17, 15) is 14.7 Å². The van der Waals surface area contributed by atoms with Gasteiger partial charge in [0.25, 0.3) is 5.91 Å². The van der Waals surface area contributed by atoms with E-state index in [4.69, 9.17) is 11.6 Å². The number of carboxylic acid groups (broad SMARTS) is 1. The molecule has 0 radical (unpaired) electrons. The number of halogens is 1. The monoisotopic (exact) mass is 357 g/mol. The minimum absolute atomic E-state index is 0.103. The van der Waals surface area contributed by atoms with Crippen molar-refractivity contribution in [2.45, 2.75) is 25.2 Å². The lowest BCUT2D eigenvalue weighted by molar-refractivity contribution is -0.145. The van der Waals surface area contributed by atoms with Gasteiger partial charge in [0.1, 0.15) is 0 Å². The number of carboxylic acids is 1. The Hall–Kier alpha value is -2.33. The van der Waals surface area contributed by atoms with Crippen LogP contribution in [0.3, 0.4) is 0 Å². The molecule has 1 aliphatic heterocycles. The highest BCUT2D eigenvalue weighted by atomic mass is 35.5. The van der Waals surface area contributed by atoms with Crippen molar-refractivity contribution in [2.75, 3.05) is 13.1 Å². The number of benzene rings is 2. The minimum atomic E-state index is -0.928. The fourth-order valence-corrected chi connectivity index (χ4v) is 3.56. The van der Waals surface area contributed by atoms with E-state index in [0.717, 1.165) is 11.1 Å². The summed E-state index contributed by atoms with van der Waals surface area (Å²) in [5.74, 6) is -0.932. The lowest BCUT2D eigenvalue weighted by Gasteiger charge is -2.39. The van der Waals surface area contributed by atoms with Crippen molar-refractivity contribution in [3.05, 3.63) is 70.2 Å². The van der Waals surface area contributed by atoms with Crippen molar-refractivity contribution >= 4 is 23.5 Å². The van der Waals surface area contributed by atoms with E-state index in [2.05, 4.69) is 0 Å². The summed E-state index contributed by atoms with van der Waals surface area (Å²) >= 11 is 6.12. The first-order chi connectivity index (χ1) is 11.9. The third-order valence-electron chi connectivity index (χ3n) is 5.06. The fourth-order valence-electron chi connectivity index (χ4n) is 3.38. The molecular weight excluding hydrogens is 338 g/mol. The quantitative estimate of drug-likeness (QED) is 0.906. The van der Waals surface area contributed by atoms with Crippen molar-refractivity contribution in [1.29, 1.82) is 0 Å². The summed E-state index contributed by atoms with van der Waals surface area (Å²) in [6, 6.07) is 14.5. The summed E-state index contributed by atoms with van der Waals surface area (Å²) in [5.41, 5.74) is 1.33. The lowest BCUT2D eigenvalue weighted by atomic mass is 9.73. The summed E-state index contributed by atoms with van der Waals surface area (Å²) < 4.78 is 0. The molecule has 1 saturated heterocycles. The Bertz CT molecular complexity index is 796. The number of hydrogen-bond donors (Lipinski definition) is 1. The van der Waals surface area contributed by atoms with Crippen LogP contribution in [-0.4, -0.2) is 35.0 Å². The van der Waals surface area contributed by atoms with Gasteiger partial charge in [-0.15, -0.1) is 0 Å². The Balaban J connectivity index is 1.79. The third kappa shape index (κ3) is 3.27. The number of amides is 1. The smallest absolute Gasteiger partial charge is 0.314 e. The summed E-state index contributed by atoms with van der Waals surface area (Å²) in [6.45, 7) is 2.70. The Morgan fingerprint density at radius 3 is 2.28 bits per heavy atom. The van der Waals surface area contributed by atoms with Crippen molar-refractivity contribution < 1.29 is 14.7 Å². The normalized spacial score (nSPS) is 16.5. The molecule has 1 heterocycles. The van der Waals surface area contributed by atoms with Crippen molar-refractivity contribution in [3.8, 4) is 0 Å². The zero-order valence-electron chi connectivity index (χ0n) is 14.0. The van der Waals surface area contributed by atoms with Gasteiger partial charge in [-0.2, -0.15) is 0 Å². The first-order valence-electron chi connectivity index (χ1n) is 8.28. The molecule has 1 aliphatic rings. The molecule has 0 aromatic heterocycles. The number of carbonyl (C=O) groups is 2. The number of carbonyl (C=O) groups excluding carboxylic acids is 1. The van der Waals surface area contributed by atoms with Gasteiger partial charge in [0, 0.05) is 23.7 Å². The van der Waals surface area contributed by atoms with E-state index >= 15 is 0 Å². The summed E-state index contributed by atoms with van der Waals surface area (Å²) in [7, 11) is 0. The molecule has 0 unspecified atom stereocenters. The van der Waals surface area contributed by atoms with Crippen LogP contribution in [-0.2, 0) is 10.2 Å². The Labute approximate surface area is 152 Å². The van der Waals surface area contributed by atoms with Crippen LogP contribution in [0.4, 0.5) is 0 Å². The largest absolute Gasteiger partial charge is 0.481 e. The number of aryl methyl sites for hydroxylation is 1. The minimum Gasteiger partial charge on any atom is -0.481 e. The number of aliphatic carboxylic acids is 1. The molecule has 0 bridgehead atoms. The maximum atomic E-state index is 12.7. The first-order valence-corrected chi connectivity index (χ1v) is 8.66. The second-order valence-corrected chi connectivity index (χ2v) is 6.92. The molecule has 3 rings (SSSR count). The average molecular weight is 358 g/mol. The topological polar surface area (TPSA) is 57.6 Å². The average Bonchev–Trinajstić information content (AvgIpc) is 2.64. The standard InChI is InChI=1S/C20H20ClNO3/c1-14-7-8-15(13-17(14)21)18(23)22-11-9-20(10-12-22,19(24)25)16-5-3-2-4-6-16/h2-8,13H,9-12H2,1H3,(H,24,25). The van der Waals surface area contributed by atoms with Gasteiger partial charge in [-0.3, -0.25) is 9.59 Å². The van der Waals surface area contributed by atoms with Crippen molar-refractivity contribution in [2.24, 2.45) is 0 Å². The van der Waals surface area contributed by atoms with Gasteiger partial charge in [0.2, 0.25) is 0 Å². The van der Waals surface area contributed by atoms with Crippen LogP contribution >= 0.6 is 11.6 Å². The fraction of sp³-hybridized carbons (Fsp3) is 0.300. The summed E-state index contributed by atoms with van der Waals surface area (Å²) in [4.78, 5) is 26.4. The second kappa shape index (κ2) is 6.89. The molecule has 1 N–H and O–H groups in total. The van der Waals surface area contributed by atoms with E-state index in [1.807, 2.05) is 43.3 Å². The van der Waals surface area contributed by atoms with Gasteiger partial charge in [0.15, 0.2) is 0 Å². The zero-order chi connectivity index (χ0) is 18.0. The first kappa shape index (κ1) is 17.5. The van der Waals surface area contributed by atoms with Crippen LogP contribution in [0.1, 0.15) is 34.3 Å². The van der Waals surface area contributed by atoms with Gasteiger partial charge >= 0.3 is 5.97 Å². The van der Waals surface area contributed by atoms with Crippen LogP contribution in [0.2, 0.25) is 5.02 Å². The maximum Gasteiger partial charge on any atom is 0.314 e. The molecule has 2 aromatic carbocycles. The van der Waals surface area contributed by atoms with Crippen LogP contribution in [0.25, 0.3) is 0 Å². The number of rotatable bonds is 3. The maximum absolute atomic E-state index is 12.7. The zero-order valence-corrected chi connectivity index (χ0v) is 14.8. The van der Waals surface area contributed by atoms with Crippen LogP contribution in [0, 0.1) is 6.92 Å².